The molecule has 1 aliphatic heterocycles. The third-order valence-corrected chi connectivity index (χ3v) is 5.65. The molecule has 1 aliphatic rings. The fourth-order valence-electron chi connectivity index (χ4n) is 4.31. The Kier molecular flexibility index (Phi) is 8.08. The van der Waals surface area contributed by atoms with E-state index in [-0.39, 0.29) is 30.3 Å². The van der Waals surface area contributed by atoms with E-state index >= 15 is 0 Å². The Hall–Kier alpha value is -2.51. The van der Waals surface area contributed by atoms with Gasteiger partial charge < -0.3 is 20.5 Å². The number of rotatable bonds is 8. The summed E-state index contributed by atoms with van der Waals surface area (Å²) >= 11 is 0. The molecule has 2 aromatic carbocycles. The molecule has 0 bridgehead atoms. The molecule has 3 rings (SSSR count). The van der Waals surface area contributed by atoms with Crippen LogP contribution in [0.3, 0.4) is 0 Å². The number of nitrogens with one attached hydrogen (secondary N) is 2. The highest BCUT2D eigenvalue weighted by molar-refractivity contribution is 5.73. The van der Waals surface area contributed by atoms with Gasteiger partial charge in [0, 0.05) is 37.6 Å². The molecule has 0 aliphatic carbocycles. The summed E-state index contributed by atoms with van der Waals surface area (Å²) in [6.07, 6.45) is 0.838. The summed E-state index contributed by atoms with van der Waals surface area (Å²) in [6, 6.07) is 8.77. The lowest BCUT2D eigenvalue weighted by molar-refractivity contribution is -0.120. The van der Waals surface area contributed by atoms with Crippen LogP contribution in [0.25, 0.3) is 0 Å². The summed E-state index contributed by atoms with van der Waals surface area (Å²) in [6.45, 7) is 8.71. The molecular weight excluding hydrogens is 426 g/mol. The van der Waals surface area contributed by atoms with Crippen molar-refractivity contribution in [2.75, 3.05) is 13.2 Å². The summed E-state index contributed by atoms with van der Waals surface area (Å²) in [4.78, 5) is 11.7. The Balaban J connectivity index is 1.70. The van der Waals surface area contributed by atoms with E-state index in [1.54, 1.807) is 0 Å². The van der Waals surface area contributed by atoms with Crippen molar-refractivity contribution in [3.05, 3.63) is 64.7 Å². The Bertz CT molecular complexity index is 954. The van der Waals surface area contributed by atoms with Gasteiger partial charge in [0.05, 0.1) is 18.8 Å². The van der Waals surface area contributed by atoms with Gasteiger partial charge in [0.2, 0.25) is 5.91 Å². The number of carbonyl (C=O) groups excluding carboxylic acids is 1. The Morgan fingerprint density at radius 3 is 2.48 bits per heavy atom. The molecule has 0 aromatic heterocycles. The van der Waals surface area contributed by atoms with Gasteiger partial charge in [-0.15, -0.1) is 0 Å². The lowest BCUT2D eigenvalue weighted by Crippen LogP contribution is -2.48. The van der Waals surface area contributed by atoms with Gasteiger partial charge in [-0.1, -0.05) is 32.9 Å². The van der Waals surface area contributed by atoms with Crippen LogP contribution in [0, 0.1) is 17.0 Å². The van der Waals surface area contributed by atoms with E-state index in [0.717, 1.165) is 30.2 Å². The van der Waals surface area contributed by atoms with E-state index in [4.69, 9.17) is 4.74 Å². The second-order valence-corrected chi connectivity index (χ2v) is 10.1. The molecule has 3 N–H and O–H groups in total. The van der Waals surface area contributed by atoms with Gasteiger partial charge >= 0.3 is 0 Å². The monoisotopic (exact) mass is 460 g/mol. The Labute approximate surface area is 194 Å². The number of amides is 1. The van der Waals surface area contributed by atoms with Crippen LogP contribution in [-0.4, -0.2) is 36.3 Å². The summed E-state index contributed by atoms with van der Waals surface area (Å²) in [5.74, 6) is -0.869. The number of benzene rings is 2. The van der Waals surface area contributed by atoms with Crippen molar-refractivity contribution in [1.29, 1.82) is 0 Å². The number of aliphatic hydroxyl groups is 1. The second-order valence-electron chi connectivity index (χ2n) is 10.1. The van der Waals surface area contributed by atoms with E-state index in [2.05, 4.69) is 43.5 Å². The van der Waals surface area contributed by atoms with Gasteiger partial charge in [0.15, 0.2) is 0 Å². The molecule has 0 radical (unpaired) electrons. The average molecular weight is 461 g/mol. The molecule has 0 saturated heterocycles. The van der Waals surface area contributed by atoms with Crippen LogP contribution in [0.1, 0.15) is 56.8 Å². The number of halogens is 2. The number of carbonyl (C=O) groups is 1. The molecular formula is C26H34F2N2O3. The minimum Gasteiger partial charge on any atom is -0.493 e. The maximum atomic E-state index is 13.6. The fourth-order valence-corrected chi connectivity index (χ4v) is 4.31. The standard InChI is InChI=1S/C26H34F2N2O3/c1-16(31)30-23(12-18-9-19(27)13-20(28)10-18)24(32)15-29-22-7-8-33-25-6-5-17(11-21(22)25)14-26(2,3)4/h5-6,9-11,13,22-24,29,32H,7-8,12,14-15H2,1-4H3,(H,30,31)/t22?,23?,24-/m1/s1. The Morgan fingerprint density at radius 1 is 1.15 bits per heavy atom. The fraction of sp³-hybridized carbons (Fsp3) is 0.500. The maximum Gasteiger partial charge on any atom is 0.217 e. The van der Waals surface area contributed by atoms with Gasteiger partial charge in [0.1, 0.15) is 17.4 Å². The van der Waals surface area contributed by atoms with Crippen LogP contribution in [0.4, 0.5) is 8.78 Å². The average Bonchev–Trinajstić information content (AvgIpc) is 2.69. The van der Waals surface area contributed by atoms with Crippen LogP contribution < -0.4 is 15.4 Å². The first-order valence-corrected chi connectivity index (χ1v) is 11.4. The first kappa shape index (κ1) is 25.1. The number of hydrogen-bond acceptors (Lipinski definition) is 4. The maximum absolute atomic E-state index is 13.6. The van der Waals surface area contributed by atoms with Crippen molar-refractivity contribution in [1.82, 2.24) is 10.6 Å². The molecule has 0 spiro atoms. The molecule has 7 heteroatoms. The summed E-state index contributed by atoms with van der Waals surface area (Å²) in [5, 5.41) is 17.0. The predicted molar refractivity (Wildman–Crippen MR) is 124 cm³/mol. The third kappa shape index (κ3) is 7.51. The number of hydrogen-bond donors (Lipinski definition) is 3. The molecule has 3 atom stereocenters. The lowest BCUT2D eigenvalue weighted by Gasteiger charge is -2.30. The summed E-state index contributed by atoms with van der Waals surface area (Å²) in [5.41, 5.74) is 2.81. The number of aliphatic hydroxyl groups excluding tert-OH is 1. The zero-order chi connectivity index (χ0) is 24.2. The first-order chi connectivity index (χ1) is 15.5. The molecule has 33 heavy (non-hydrogen) atoms. The lowest BCUT2D eigenvalue weighted by atomic mass is 9.86. The Morgan fingerprint density at radius 2 is 1.85 bits per heavy atom. The van der Waals surface area contributed by atoms with Crippen molar-refractivity contribution in [3.63, 3.8) is 0 Å². The van der Waals surface area contributed by atoms with E-state index in [9.17, 15) is 18.7 Å². The van der Waals surface area contributed by atoms with Crippen molar-refractivity contribution in [2.45, 2.75) is 65.1 Å². The van der Waals surface area contributed by atoms with Crippen LogP contribution in [-0.2, 0) is 17.6 Å². The zero-order valence-corrected chi connectivity index (χ0v) is 19.8. The predicted octanol–water partition coefficient (Wildman–Crippen LogP) is 4.07. The van der Waals surface area contributed by atoms with E-state index in [1.165, 1.54) is 24.6 Å². The largest absolute Gasteiger partial charge is 0.493 e. The molecule has 2 aromatic rings. The smallest absolute Gasteiger partial charge is 0.217 e. The minimum atomic E-state index is -0.954. The second kappa shape index (κ2) is 10.6. The number of fused-ring (bicyclic) bond motifs is 1. The molecule has 2 unspecified atom stereocenters. The zero-order valence-electron chi connectivity index (χ0n) is 19.8. The number of ether oxygens (including phenoxy) is 1. The van der Waals surface area contributed by atoms with Crippen LogP contribution >= 0.6 is 0 Å². The molecule has 180 valence electrons. The summed E-state index contributed by atoms with van der Waals surface area (Å²) in [7, 11) is 0. The van der Waals surface area contributed by atoms with Crippen LogP contribution in [0.15, 0.2) is 36.4 Å². The van der Waals surface area contributed by atoms with Crippen LogP contribution in [0.5, 0.6) is 5.75 Å². The summed E-state index contributed by atoms with van der Waals surface area (Å²) < 4.78 is 33.0. The quantitative estimate of drug-likeness (QED) is 0.555. The third-order valence-electron chi connectivity index (χ3n) is 5.65. The van der Waals surface area contributed by atoms with E-state index < -0.39 is 23.8 Å². The highest BCUT2D eigenvalue weighted by atomic mass is 19.1. The highest BCUT2D eigenvalue weighted by Crippen LogP contribution is 2.34. The normalized spacial score (nSPS) is 17.6. The van der Waals surface area contributed by atoms with Crippen molar-refractivity contribution < 1.29 is 23.4 Å². The minimum absolute atomic E-state index is 0.00656. The molecule has 0 saturated carbocycles. The van der Waals surface area contributed by atoms with Crippen molar-refractivity contribution in [3.8, 4) is 5.75 Å². The van der Waals surface area contributed by atoms with Crippen LogP contribution in [0.2, 0.25) is 0 Å². The first-order valence-electron chi connectivity index (χ1n) is 11.4. The molecule has 1 heterocycles. The van der Waals surface area contributed by atoms with E-state index in [0.29, 0.717) is 12.2 Å². The molecule has 0 fully saturated rings. The van der Waals surface area contributed by atoms with Crippen molar-refractivity contribution >= 4 is 5.91 Å². The van der Waals surface area contributed by atoms with Gasteiger partial charge in [-0.2, -0.15) is 0 Å². The molecule has 1 amide bonds. The van der Waals surface area contributed by atoms with Gasteiger partial charge in [-0.3, -0.25) is 4.79 Å². The SMILES string of the molecule is CC(=O)NC(Cc1cc(F)cc(F)c1)[C@H](O)CNC1CCOc2ccc(CC(C)(C)C)cc21. The van der Waals surface area contributed by atoms with Gasteiger partial charge in [0.25, 0.3) is 0 Å². The van der Waals surface area contributed by atoms with Crippen molar-refractivity contribution in [2.24, 2.45) is 5.41 Å². The van der Waals surface area contributed by atoms with Gasteiger partial charge in [-0.05, 0) is 47.6 Å². The van der Waals surface area contributed by atoms with Gasteiger partial charge in [-0.25, -0.2) is 8.78 Å². The van der Waals surface area contributed by atoms with E-state index in [1.807, 2.05) is 6.07 Å². The topological polar surface area (TPSA) is 70.6 Å². The molecule has 5 nitrogen and oxygen atoms in total. The highest BCUT2D eigenvalue weighted by Gasteiger charge is 2.26.